The number of hydrogen-bond donors (Lipinski definition) is 0. The Morgan fingerprint density at radius 3 is 0.778 bits per heavy atom. The van der Waals surface area contributed by atoms with Crippen molar-refractivity contribution in [3.63, 3.8) is 0 Å². The largest absolute Gasteiger partial charge is 0.462 e. The molecule has 0 spiro atoms. The Bertz CT molecular complexity index is 962. The van der Waals surface area contributed by atoms with Crippen LogP contribution in [0, 0.1) is 11.8 Å². The Labute approximate surface area is 393 Å². The average Bonchev–Trinajstić information content (AvgIpc) is 3.25. The topological polar surface area (TPSA) is 78.9 Å². The van der Waals surface area contributed by atoms with E-state index >= 15 is 0 Å². The van der Waals surface area contributed by atoms with E-state index < -0.39 is 6.10 Å². The zero-order valence-corrected chi connectivity index (χ0v) is 43.2. The van der Waals surface area contributed by atoms with E-state index in [9.17, 15) is 14.4 Å². The Hall–Kier alpha value is -1.59. The highest BCUT2D eigenvalue weighted by Crippen LogP contribution is 2.18. The maximum Gasteiger partial charge on any atom is 0.306 e. The summed E-state index contributed by atoms with van der Waals surface area (Å²) in [6, 6.07) is 0. The fourth-order valence-corrected chi connectivity index (χ4v) is 8.70. The number of ether oxygens (including phenoxy) is 3. The van der Waals surface area contributed by atoms with E-state index in [4.69, 9.17) is 14.2 Å². The van der Waals surface area contributed by atoms with Gasteiger partial charge in [-0.25, -0.2) is 0 Å². The lowest BCUT2D eigenvalue weighted by Gasteiger charge is -2.18. The molecule has 6 nitrogen and oxygen atoms in total. The van der Waals surface area contributed by atoms with Crippen LogP contribution in [0.2, 0.25) is 0 Å². The van der Waals surface area contributed by atoms with Crippen LogP contribution in [0.5, 0.6) is 0 Å². The van der Waals surface area contributed by atoms with Crippen LogP contribution in [0.15, 0.2) is 0 Å². The molecule has 0 heterocycles. The van der Waals surface area contributed by atoms with Gasteiger partial charge in [0.15, 0.2) is 6.10 Å². The zero-order valence-electron chi connectivity index (χ0n) is 43.2. The summed E-state index contributed by atoms with van der Waals surface area (Å²) in [6.45, 7) is 11.4. The summed E-state index contributed by atoms with van der Waals surface area (Å²) in [6.07, 6.45) is 52.4. The predicted molar refractivity (Wildman–Crippen MR) is 270 cm³/mol. The van der Waals surface area contributed by atoms with E-state index in [1.54, 1.807) is 0 Å². The molecule has 0 aliphatic rings. The van der Waals surface area contributed by atoms with Crippen LogP contribution in [0.3, 0.4) is 0 Å². The lowest BCUT2D eigenvalue weighted by Crippen LogP contribution is -2.30. The average molecular weight is 892 g/mol. The molecule has 0 unspecified atom stereocenters. The summed E-state index contributed by atoms with van der Waals surface area (Å²) in [5.41, 5.74) is 0. The minimum absolute atomic E-state index is 0.0630. The molecule has 63 heavy (non-hydrogen) atoms. The molecule has 0 aromatic carbocycles. The van der Waals surface area contributed by atoms with Crippen LogP contribution in [0.1, 0.15) is 317 Å². The third-order valence-corrected chi connectivity index (χ3v) is 13.0. The van der Waals surface area contributed by atoms with Gasteiger partial charge in [0.05, 0.1) is 0 Å². The molecule has 0 radical (unpaired) electrons. The molecule has 6 heteroatoms. The Kier molecular flexibility index (Phi) is 48.6. The van der Waals surface area contributed by atoms with E-state index in [0.29, 0.717) is 19.3 Å². The summed E-state index contributed by atoms with van der Waals surface area (Å²) in [5, 5.41) is 0. The van der Waals surface area contributed by atoms with Gasteiger partial charge in [0, 0.05) is 19.3 Å². The minimum Gasteiger partial charge on any atom is -0.462 e. The first kappa shape index (κ1) is 61.4. The number of rotatable bonds is 51. The summed E-state index contributed by atoms with van der Waals surface area (Å²) in [7, 11) is 0. The van der Waals surface area contributed by atoms with Crippen LogP contribution in [0.25, 0.3) is 0 Å². The van der Waals surface area contributed by atoms with Gasteiger partial charge in [0.2, 0.25) is 0 Å². The molecule has 374 valence electrons. The minimum atomic E-state index is -0.762. The molecular formula is C57H110O6. The van der Waals surface area contributed by atoms with Crippen LogP contribution >= 0.6 is 0 Å². The van der Waals surface area contributed by atoms with Crippen molar-refractivity contribution in [3.8, 4) is 0 Å². The van der Waals surface area contributed by atoms with Gasteiger partial charge < -0.3 is 14.2 Å². The van der Waals surface area contributed by atoms with Crippen LogP contribution in [-0.2, 0) is 28.6 Å². The second kappa shape index (κ2) is 49.8. The van der Waals surface area contributed by atoms with Gasteiger partial charge in [-0.05, 0) is 31.1 Å². The van der Waals surface area contributed by atoms with Crippen molar-refractivity contribution in [2.45, 2.75) is 323 Å². The lowest BCUT2D eigenvalue weighted by molar-refractivity contribution is -0.167. The zero-order chi connectivity index (χ0) is 46.1. The quantitative estimate of drug-likeness (QED) is 0.0344. The first-order valence-electron chi connectivity index (χ1n) is 28.2. The first-order valence-corrected chi connectivity index (χ1v) is 28.2. The number of hydrogen-bond acceptors (Lipinski definition) is 6. The maximum absolute atomic E-state index is 12.8. The van der Waals surface area contributed by atoms with E-state index in [1.165, 1.54) is 205 Å². The Morgan fingerprint density at radius 1 is 0.302 bits per heavy atom. The molecule has 0 aromatic heterocycles. The molecule has 0 aliphatic heterocycles. The van der Waals surface area contributed by atoms with Gasteiger partial charge >= 0.3 is 17.9 Å². The Balaban J connectivity index is 4.28. The van der Waals surface area contributed by atoms with Crippen LogP contribution in [-0.4, -0.2) is 37.2 Å². The standard InChI is InChI=1S/C57H110O6/c1-6-7-8-9-10-11-12-13-19-22-27-32-37-42-47-55(58)61-50-54(51-62-56(59)48-43-38-33-29-24-26-31-36-41-46-53(4)5)63-57(60)49-44-39-34-28-23-20-17-15-14-16-18-21-25-30-35-40-45-52(2)3/h52-54H,6-51H2,1-5H3/t54-/m0/s1. The molecule has 0 bridgehead atoms. The summed E-state index contributed by atoms with van der Waals surface area (Å²) < 4.78 is 16.9. The summed E-state index contributed by atoms with van der Waals surface area (Å²) >= 11 is 0. The summed E-state index contributed by atoms with van der Waals surface area (Å²) in [4.78, 5) is 38.1. The molecule has 0 aromatic rings. The third kappa shape index (κ3) is 51.3. The number of unbranched alkanes of at least 4 members (excludes halogenated alkanes) is 36. The third-order valence-electron chi connectivity index (χ3n) is 13.0. The van der Waals surface area contributed by atoms with E-state index in [0.717, 1.165) is 69.6 Å². The van der Waals surface area contributed by atoms with Crippen molar-refractivity contribution in [2.24, 2.45) is 11.8 Å². The highest BCUT2D eigenvalue weighted by Gasteiger charge is 2.19. The maximum atomic E-state index is 12.8. The molecule has 0 amide bonds. The fourth-order valence-electron chi connectivity index (χ4n) is 8.70. The number of esters is 3. The summed E-state index contributed by atoms with van der Waals surface area (Å²) in [5.74, 6) is 0.818. The van der Waals surface area contributed by atoms with Gasteiger partial charge in [-0.3, -0.25) is 14.4 Å². The van der Waals surface area contributed by atoms with Crippen molar-refractivity contribution in [2.75, 3.05) is 13.2 Å². The second-order valence-corrected chi connectivity index (χ2v) is 20.5. The number of carbonyl (C=O) groups excluding carboxylic acids is 3. The van der Waals surface area contributed by atoms with E-state index in [2.05, 4.69) is 34.6 Å². The highest BCUT2D eigenvalue weighted by atomic mass is 16.6. The van der Waals surface area contributed by atoms with Gasteiger partial charge in [-0.1, -0.05) is 279 Å². The smallest absolute Gasteiger partial charge is 0.306 e. The second-order valence-electron chi connectivity index (χ2n) is 20.5. The van der Waals surface area contributed by atoms with Gasteiger partial charge in [0.1, 0.15) is 13.2 Å². The van der Waals surface area contributed by atoms with E-state index in [1.807, 2.05) is 0 Å². The van der Waals surface area contributed by atoms with Crippen LogP contribution in [0.4, 0.5) is 0 Å². The monoisotopic (exact) mass is 891 g/mol. The molecular weight excluding hydrogens is 781 g/mol. The lowest BCUT2D eigenvalue weighted by atomic mass is 10.0. The van der Waals surface area contributed by atoms with Gasteiger partial charge in [-0.2, -0.15) is 0 Å². The van der Waals surface area contributed by atoms with Gasteiger partial charge in [0.25, 0.3) is 0 Å². The fraction of sp³-hybridized carbons (Fsp3) is 0.947. The molecule has 0 saturated carbocycles. The number of carbonyl (C=O) groups is 3. The predicted octanol–water partition coefficient (Wildman–Crippen LogP) is 18.5. The molecule has 0 N–H and O–H groups in total. The molecule has 1 atom stereocenters. The highest BCUT2D eigenvalue weighted by molar-refractivity contribution is 5.71. The molecule has 0 aliphatic carbocycles. The normalized spacial score (nSPS) is 12.0. The van der Waals surface area contributed by atoms with Crippen molar-refractivity contribution in [3.05, 3.63) is 0 Å². The first-order chi connectivity index (χ1) is 30.7. The van der Waals surface area contributed by atoms with Crippen LogP contribution < -0.4 is 0 Å². The SMILES string of the molecule is CCCCCCCCCCCCCCCCC(=O)OC[C@@H](COC(=O)CCCCCCCCCCCC(C)C)OC(=O)CCCCCCCCCCCCCCCCCCC(C)C. The van der Waals surface area contributed by atoms with Crippen molar-refractivity contribution in [1.82, 2.24) is 0 Å². The van der Waals surface area contributed by atoms with Gasteiger partial charge in [-0.15, -0.1) is 0 Å². The van der Waals surface area contributed by atoms with Crippen molar-refractivity contribution < 1.29 is 28.6 Å². The molecule has 0 fully saturated rings. The van der Waals surface area contributed by atoms with Crippen molar-refractivity contribution >= 4 is 17.9 Å². The molecule has 0 saturated heterocycles. The Morgan fingerprint density at radius 2 is 0.524 bits per heavy atom. The van der Waals surface area contributed by atoms with Crippen molar-refractivity contribution in [1.29, 1.82) is 0 Å². The molecule has 0 rings (SSSR count). The van der Waals surface area contributed by atoms with E-state index in [-0.39, 0.29) is 31.1 Å².